The zero-order chi connectivity index (χ0) is 6.69. The van der Waals surface area contributed by atoms with E-state index in [0.717, 1.165) is 4.88 Å². The molecule has 0 aliphatic rings. The molecule has 0 aliphatic carbocycles. The van der Waals surface area contributed by atoms with Gasteiger partial charge in [-0.15, -0.1) is 17.9 Å². The Kier molecular flexibility index (Phi) is 2.25. The highest BCUT2D eigenvalue weighted by atomic mass is 35.5. The molecule has 9 heavy (non-hydrogen) atoms. The highest BCUT2D eigenvalue weighted by Crippen LogP contribution is 2.18. The minimum absolute atomic E-state index is 0.572. The Bertz CT molecular complexity index is 207. The molecular formula is C6H5ClNS. The second kappa shape index (κ2) is 2.99. The molecule has 0 atom stereocenters. The molecule has 1 heterocycles. The fourth-order valence-corrected chi connectivity index (χ4v) is 1.34. The van der Waals surface area contributed by atoms with Crippen molar-refractivity contribution in [2.24, 2.45) is 0 Å². The van der Waals surface area contributed by atoms with E-state index >= 15 is 0 Å². The summed E-state index contributed by atoms with van der Waals surface area (Å²) >= 11 is 6.99. The maximum atomic E-state index is 5.55. The van der Waals surface area contributed by atoms with Crippen LogP contribution in [0.5, 0.6) is 0 Å². The van der Waals surface area contributed by atoms with Gasteiger partial charge in [-0.3, -0.25) is 0 Å². The van der Waals surface area contributed by atoms with Crippen molar-refractivity contribution in [3.63, 3.8) is 0 Å². The maximum absolute atomic E-state index is 5.55. The van der Waals surface area contributed by atoms with Crippen molar-refractivity contribution in [3.05, 3.63) is 34.6 Å². The fourth-order valence-electron chi connectivity index (χ4n) is 0.458. The summed E-state index contributed by atoms with van der Waals surface area (Å²) < 4.78 is 0.572. The van der Waals surface area contributed by atoms with Gasteiger partial charge in [0.2, 0.25) is 0 Å². The summed E-state index contributed by atoms with van der Waals surface area (Å²) in [6, 6.07) is 0. The first-order chi connectivity index (χ1) is 4.33. The molecule has 0 unspecified atom stereocenters. The van der Waals surface area contributed by atoms with Gasteiger partial charge in [-0.2, -0.15) is 0 Å². The first kappa shape index (κ1) is 6.78. The van der Waals surface area contributed by atoms with Crippen LogP contribution in [0.3, 0.4) is 0 Å². The topological polar surface area (TPSA) is 12.9 Å². The molecule has 0 N–H and O–H groups in total. The van der Waals surface area contributed by atoms with Crippen LogP contribution < -0.4 is 0 Å². The van der Waals surface area contributed by atoms with Gasteiger partial charge in [0.15, 0.2) is 4.47 Å². The van der Waals surface area contributed by atoms with Crippen molar-refractivity contribution in [3.8, 4) is 0 Å². The molecule has 0 aromatic carbocycles. The minimum atomic E-state index is 0.572. The van der Waals surface area contributed by atoms with E-state index in [1.54, 1.807) is 12.3 Å². The van der Waals surface area contributed by atoms with Crippen LogP contribution in [0.2, 0.25) is 4.47 Å². The number of nitrogens with zero attached hydrogens (tertiary/aromatic N) is 1. The summed E-state index contributed by atoms with van der Waals surface area (Å²) in [6.07, 6.45) is 5.29. The lowest BCUT2D eigenvalue weighted by Gasteiger charge is -1.79. The zero-order valence-electron chi connectivity index (χ0n) is 4.67. The zero-order valence-corrected chi connectivity index (χ0v) is 6.25. The first-order valence-electron chi connectivity index (χ1n) is 2.40. The van der Waals surface area contributed by atoms with Crippen molar-refractivity contribution in [1.29, 1.82) is 0 Å². The number of hydrogen-bond acceptors (Lipinski definition) is 2. The lowest BCUT2D eigenvalue weighted by molar-refractivity contribution is 1.40. The average molecular weight is 159 g/mol. The molecular weight excluding hydrogens is 154 g/mol. The summed E-state index contributed by atoms with van der Waals surface area (Å²) in [7, 11) is 0. The van der Waals surface area contributed by atoms with Crippen molar-refractivity contribution in [2.45, 2.75) is 0 Å². The molecule has 0 spiro atoms. The molecule has 0 fully saturated rings. The van der Waals surface area contributed by atoms with Gasteiger partial charge >= 0.3 is 0 Å². The van der Waals surface area contributed by atoms with Crippen molar-refractivity contribution in [2.75, 3.05) is 0 Å². The Morgan fingerprint density at radius 3 is 3.00 bits per heavy atom. The monoisotopic (exact) mass is 158 g/mol. The maximum Gasteiger partial charge on any atom is 0.183 e. The molecule has 1 rings (SSSR count). The fraction of sp³-hybridized carbons (Fsp3) is 0. The quantitative estimate of drug-likeness (QED) is 0.645. The predicted octanol–water partition coefficient (Wildman–Crippen LogP) is 2.53. The molecule has 47 valence electrons. The molecule has 0 amide bonds. The highest BCUT2D eigenvalue weighted by Gasteiger charge is 1.94. The van der Waals surface area contributed by atoms with E-state index in [2.05, 4.69) is 11.6 Å². The minimum Gasteiger partial charge on any atom is -0.233 e. The smallest absolute Gasteiger partial charge is 0.183 e. The molecule has 0 saturated carbocycles. The van der Waals surface area contributed by atoms with Crippen molar-refractivity contribution >= 4 is 22.9 Å². The summed E-state index contributed by atoms with van der Waals surface area (Å²) in [5.41, 5.74) is 0. The Morgan fingerprint density at radius 2 is 2.56 bits per heavy atom. The van der Waals surface area contributed by atoms with E-state index < -0.39 is 0 Å². The highest BCUT2D eigenvalue weighted by molar-refractivity contribution is 7.15. The van der Waals surface area contributed by atoms with Crippen LogP contribution in [-0.2, 0) is 0 Å². The van der Waals surface area contributed by atoms with Crippen molar-refractivity contribution < 1.29 is 0 Å². The molecule has 0 saturated heterocycles. The van der Waals surface area contributed by atoms with E-state index in [4.69, 9.17) is 11.6 Å². The second-order valence-corrected chi connectivity index (χ2v) is 3.06. The molecule has 1 nitrogen and oxygen atoms in total. The van der Waals surface area contributed by atoms with Crippen LogP contribution >= 0.6 is 22.9 Å². The number of halogens is 1. The number of thiazole rings is 1. The molecule has 1 radical (unpaired) electrons. The van der Waals surface area contributed by atoms with E-state index in [1.165, 1.54) is 11.3 Å². The van der Waals surface area contributed by atoms with Gasteiger partial charge in [-0.1, -0.05) is 17.7 Å². The average Bonchev–Trinajstić information content (AvgIpc) is 2.17. The third kappa shape index (κ3) is 1.80. The summed E-state index contributed by atoms with van der Waals surface area (Å²) in [6.45, 7) is 3.55. The largest absolute Gasteiger partial charge is 0.233 e. The summed E-state index contributed by atoms with van der Waals surface area (Å²) in [4.78, 5) is 4.88. The van der Waals surface area contributed by atoms with Crippen LogP contribution in [0.15, 0.2) is 18.9 Å². The Balaban J connectivity index is 2.72. The van der Waals surface area contributed by atoms with Crippen LogP contribution in [0, 0.1) is 6.42 Å². The van der Waals surface area contributed by atoms with Crippen LogP contribution in [0.1, 0.15) is 4.88 Å². The van der Waals surface area contributed by atoms with E-state index in [0.29, 0.717) is 4.47 Å². The van der Waals surface area contributed by atoms with E-state index in [9.17, 15) is 0 Å². The van der Waals surface area contributed by atoms with Crippen LogP contribution in [0.25, 0.3) is 0 Å². The summed E-state index contributed by atoms with van der Waals surface area (Å²) in [5, 5.41) is 0. The molecule has 0 aliphatic heterocycles. The van der Waals surface area contributed by atoms with Crippen LogP contribution in [-0.4, -0.2) is 4.98 Å². The molecule has 1 aromatic rings. The van der Waals surface area contributed by atoms with Gasteiger partial charge in [0, 0.05) is 17.5 Å². The number of hydrogen-bond donors (Lipinski definition) is 0. The van der Waals surface area contributed by atoms with Crippen LogP contribution in [0.4, 0.5) is 0 Å². The number of aromatic nitrogens is 1. The predicted molar refractivity (Wildman–Crippen MR) is 40.7 cm³/mol. The van der Waals surface area contributed by atoms with Gasteiger partial charge < -0.3 is 0 Å². The number of allylic oxidation sites excluding steroid dienone is 1. The number of rotatable bonds is 2. The van der Waals surface area contributed by atoms with E-state index in [1.807, 2.05) is 6.42 Å². The van der Waals surface area contributed by atoms with E-state index in [-0.39, 0.29) is 0 Å². The van der Waals surface area contributed by atoms with Gasteiger partial charge in [-0.25, -0.2) is 4.98 Å². The Labute approximate surface area is 63.0 Å². The van der Waals surface area contributed by atoms with Gasteiger partial charge in [0.25, 0.3) is 0 Å². The molecule has 0 bridgehead atoms. The standard InChI is InChI=1S/C6H5ClNS/c1-2-3-5-4-8-6(7)9-5/h2-4H,1H2. The lowest BCUT2D eigenvalue weighted by atomic mass is 10.4. The third-order valence-electron chi connectivity index (χ3n) is 0.777. The first-order valence-corrected chi connectivity index (χ1v) is 3.59. The lowest BCUT2D eigenvalue weighted by Crippen LogP contribution is -1.63. The van der Waals surface area contributed by atoms with Gasteiger partial charge in [-0.05, 0) is 0 Å². The molecule has 3 heteroatoms. The third-order valence-corrected chi connectivity index (χ3v) is 1.86. The van der Waals surface area contributed by atoms with Gasteiger partial charge in [0.1, 0.15) is 0 Å². The Morgan fingerprint density at radius 1 is 1.78 bits per heavy atom. The van der Waals surface area contributed by atoms with Crippen molar-refractivity contribution in [1.82, 2.24) is 4.98 Å². The SMILES string of the molecule is C=C[CH]c1cnc(Cl)s1. The normalized spacial score (nSPS) is 9.44. The second-order valence-electron chi connectivity index (χ2n) is 1.42. The summed E-state index contributed by atoms with van der Waals surface area (Å²) in [5.74, 6) is 0. The molecule has 1 aromatic heterocycles. The Hall–Kier alpha value is -0.340. The van der Waals surface area contributed by atoms with Gasteiger partial charge in [0.05, 0.1) is 0 Å².